The fourth-order valence-corrected chi connectivity index (χ4v) is 1.99. The standard InChI is InChI=1S/C9H12N2O2/c10-7-3-9(4-7,8(12)13)6-1-2-11-5-6/h1-2,5,7,11H,3-4,10H2,(H,12,13). The van der Waals surface area contributed by atoms with Crippen LogP contribution in [0.1, 0.15) is 18.4 Å². The molecule has 4 N–H and O–H groups in total. The first-order chi connectivity index (χ1) is 6.15. The van der Waals surface area contributed by atoms with E-state index in [1.54, 1.807) is 18.5 Å². The molecule has 2 rings (SSSR count). The molecule has 4 nitrogen and oxygen atoms in total. The normalized spacial score (nSPS) is 32.5. The number of rotatable bonds is 2. The highest BCUT2D eigenvalue weighted by Gasteiger charge is 2.50. The van der Waals surface area contributed by atoms with E-state index in [0.29, 0.717) is 12.8 Å². The second-order valence-corrected chi connectivity index (χ2v) is 3.66. The predicted octanol–water partition coefficient (Wildman–Crippen LogP) is 0.458. The molecule has 1 aromatic rings. The van der Waals surface area contributed by atoms with Crippen LogP contribution in [-0.4, -0.2) is 22.1 Å². The number of aromatic amines is 1. The number of hydrogen-bond donors (Lipinski definition) is 3. The zero-order chi connectivity index (χ0) is 9.47. The number of nitrogens with two attached hydrogens (primary N) is 1. The molecule has 0 saturated heterocycles. The smallest absolute Gasteiger partial charge is 0.314 e. The van der Waals surface area contributed by atoms with Crippen LogP contribution < -0.4 is 5.73 Å². The van der Waals surface area contributed by atoms with Gasteiger partial charge < -0.3 is 15.8 Å². The average molecular weight is 180 g/mol. The van der Waals surface area contributed by atoms with Crippen LogP contribution >= 0.6 is 0 Å². The maximum Gasteiger partial charge on any atom is 0.314 e. The lowest BCUT2D eigenvalue weighted by atomic mass is 9.62. The van der Waals surface area contributed by atoms with Gasteiger partial charge in [-0.3, -0.25) is 4.79 Å². The second-order valence-electron chi connectivity index (χ2n) is 3.66. The van der Waals surface area contributed by atoms with E-state index < -0.39 is 11.4 Å². The van der Waals surface area contributed by atoms with Crippen molar-refractivity contribution in [1.82, 2.24) is 4.98 Å². The lowest BCUT2D eigenvalue weighted by Crippen LogP contribution is -2.53. The van der Waals surface area contributed by atoms with Gasteiger partial charge in [0, 0.05) is 18.4 Å². The Morgan fingerprint density at radius 2 is 2.38 bits per heavy atom. The van der Waals surface area contributed by atoms with E-state index in [1.165, 1.54) is 0 Å². The lowest BCUT2D eigenvalue weighted by molar-refractivity contribution is -0.148. The molecule has 70 valence electrons. The molecule has 0 amide bonds. The van der Waals surface area contributed by atoms with Gasteiger partial charge in [0.25, 0.3) is 0 Å². The summed E-state index contributed by atoms with van der Waals surface area (Å²) in [5.41, 5.74) is 5.74. The first kappa shape index (κ1) is 8.31. The summed E-state index contributed by atoms with van der Waals surface area (Å²) >= 11 is 0. The van der Waals surface area contributed by atoms with Gasteiger partial charge in [0.2, 0.25) is 0 Å². The highest BCUT2D eigenvalue weighted by molar-refractivity contribution is 5.83. The van der Waals surface area contributed by atoms with Crippen LogP contribution in [-0.2, 0) is 10.2 Å². The van der Waals surface area contributed by atoms with E-state index in [0.717, 1.165) is 5.56 Å². The van der Waals surface area contributed by atoms with E-state index in [9.17, 15) is 4.79 Å². The summed E-state index contributed by atoms with van der Waals surface area (Å²) in [6.07, 6.45) is 4.56. The van der Waals surface area contributed by atoms with Crippen molar-refractivity contribution in [1.29, 1.82) is 0 Å². The SMILES string of the molecule is NC1CC(C(=O)O)(c2cc[nH]c2)C1. The van der Waals surface area contributed by atoms with E-state index in [-0.39, 0.29) is 6.04 Å². The number of aliphatic carboxylic acids is 1. The van der Waals surface area contributed by atoms with Gasteiger partial charge >= 0.3 is 5.97 Å². The molecule has 0 aliphatic heterocycles. The second kappa shape index (κ2) is 2.60. The minimum atomic E-state index is -0.770. The summed E-state index contributed by atoms with van der Waals surface area (Å²) in [4.78, 5) is 13.9. The van der Waals surface area contributed by atoms with Crippen molar-refractivity contribution in [2.45, 2.75) is 24.3 Å². The van der Waals surface area contributed by atoms with Crippen LogP contribution in [0.2, 0.25) is 0 Å². The van der Waals surface area contributed by atoms with Crippen molar-refractivity contribution >= 4 is 5.97 Å². The Balaban J connectivity index is 2.31. The van der Waals surface area contributed by atoms with Crippen LogP contribution in [0, 0.1) is 0 Å². The van der Waals surface area contributed by atoms with Crippen LogP contribution in [0.15, 0.2) is 18.5 Å². The molecule has 0 unspecified atom stereocenters. The minimum absolute atomic E-state index is 0.0333. The molecule has 1 saturated carbocycles. The lowest BCUT2D eigenvalue weighted by Gasteiger charge is -2.42. The molecule has 0 radical (unpaired) electrons. The molecule has 0 atom stereocenters. The molecular formula is C9H12N2O2. The van der Waals surface area contributed by atoms with Crippen molar-refractivity contribution in [2.24, 2.45) is 5.73 Å². The predicted molar refractivity (Wildman–Crippen MR) is 47.3 cm³/mol. The van der Waals surface area contributed by atoms with Crippen molar-refractivity contribution in [2.75, 3.05) is 0 Å². The summed E-state index contributed by atoms with van der Waals surface area (Å²) in [5.74, 6) is -0.770. The van der Waals surface area contributed by atoms with Gasteiger partial charge in [-0.25, -0.2) is 0 Å². The Morgan fingerprint density at radius 3 is 2.77 bits per heavy atom. The van der Waals surface area contributed by atoms with E-state index >= 15 is 0 Å². The van der Waals surface area contributed by atoms with Crippen LogP contribution in [0.25, 0.3) is 0 Å². The summed E-state index contributed by atoms with van der Waals surface area (Å²) in [7, 11) is 0. The number of hydrogen-bond acceptors (Lipinski definition) is 2. The van der Waals surface area contributed by atoms with Crippen LogP contribution in [0.3, 0.4) is 0 Å². The number of carboxylic acid groups (broad SMARTS) is 1. The van der Waals surface area contributed by atoms with E-state index in [4.69, 9.17) is 10.8 Å². The highest BCUT2D eigenvalue weighted by atomic mass is 16.4. The molecule has 4 heteroatoms. The van der Waals surface area contributed by atoms with Crippen molar-refractivity contribution in [3.63, 3.8) is 0 Å². The fraction of sp³-hybridized carbons (Fsp3) is 0.444. The molecule has 1 heterocycles. The van der Waals surface area contributed by atoms with Crippen LogP contribution in [0.5, 0.6) is 0 Å². The average Bonchev–Trinajstić information content (AvgIpc) is 2.49. The monoisotopic (exact) mass is 180 g/mol. The first-order valence-corrected chi connectivity index (χ1v) is 4.27. The topological polar surface area (TPSA) is 79.1 Å². The van der Waals surface area contributed by atoms with Gasteiger partial charge in [0.15, 0.2) is 0 Å². The van der Waals surface area contributed by atoms with E-state index in [2.05, 4.69) is 4.98 Å². The Hall–Kier alpha value is -1.29. The summed E-state index contributed by atoms with van der Waals surface area (Å²) < 4.78 is 0. The quantitative estimate of drug-likeness (QED) is 0.618. The third-order valence-corrected chi connectivity index (χ3v) is 2.78. The highest BCUT2D eigenvalue weighted by Crippen LogP contribution is 2.43. The molecule has 1 aromatic heterocycles. The number of carboxylic acids is 1. The van der Waals surface area contributed by atoms with Crippen molar-refractivity contribution in [3.8, 4) is 0 Å². The number of aromatic nitrogens is 1. The van der Waals surface area contributed by atoms with Crippen LogP contribution in [0.4, 0.5) is 0 Å². The van der Waals surface area contributed by atoms with Gasteiger partial charge in [-0.05, 0) is 24.5 Å². The maximum absolute atomic E-state index is 11.1. The minimum Gasteiger partial charge on any atom is -0.481 e. The number of carbonyl (C=O) groups is 1. The largest absolute Gasteiger partial charge is 0.481 e. The molecule has 13 heavy (non-hydrogen) atoms. The van der Waals surface area contributed by atoms with Gasteiger partial charge in [-0.1, -0.05) is 0 Å². The summed E-state index contributed by atoms with van der Waals surface area (Å²) in [6, 6.07) is 1.84. The van der Waals surface area contributed by atoms with Crippen molar-refractivity contribution < 1.29 is 9.90 Å². The van der Waals surface area contributed by atoms with Gasteiger partial charge in [0.1, 0.15) is 0 Å². The molecule has 1 aliphatic rings. The van der Waals surface area contributed by atoms with Gasteiger partial charge in [-0.15, -0.1) is 0 Å². The fourth-order valence-electron chi connectivity index (χ4n) is 1.99. The zero-order valence-electron chi connectivity index (χ0n) is 7.16. The molecule has 0 spiro atoms. The molecule has 1 fully saturated rings. The zero-order valence-corrected chi connectivity index (χ0v) is 7.16. The third-order valence-electron chi connectivity index (χ3n) is 2.78. The Kier molecular flexibility index (Phi) is 1.66. The van der Waals surface area contributed by atoms with E-state index in [1.807, 2.05) is 0 Å². The maximum atomic E-state index is 11.1. The Bertz CT molecular complexity index is 312. The molecule has 0 aromatic carbocycles. The number of H-pyrrole nitrogens is 1. The summed E-state index contributed by atoms with van der Waals surface area (Å²) in [6.45, 7) is 0. The molecule has 0 bridgehead atoms. The van der Waals surface area contributed by atoms with Crippen molar-refractivity contribution in [3.05, 3.63) is 24.0 Å². The number of nitrogens with one attached hydrogen (secondary N) is 1. The van der Waals surface area contributed by atoms with Gasteiger partial charge in [0.05, 0.1) is 5.41 Å². The third kappa shape index (κ3) is 1.06. The van der Waals surface area contributed by atoms with Gasteiger partial charge in [-0.2, -0.15) is 0 Å². The summed E-state index contributed by atoms with van der Waals surface area (Å²) in [5, 5.41) is 9.10. The first-order valence-electron chi connectivity index (χ1n) is 4.27. The molecule has 1 aliphatic carbocycles. The Morgan fingerprint density at radius 1 is 1.69 bits per heavy atom. The Labute approximate surface area is 75.8 Å². The molecular weight excluding hydrogens is 168 g/mol.